The van der Waals surface area contributed by atoms with Gasteiger partial charge in [0.1, 0.15) is 5.02 Å². The first-order valence-corrected chi connectivity index (χ1v) is 13.3. The number of likely N-dealkylation sites (tertiary alicyclic amines) is 2. The van der Waals surface area contributed by atoms with Crippen LogP contribution in [0, 0.1) is 10.8 Å². The van der Waals surface area contributed by atoms with Crippen molar-refractivity contribution in [3.8, 4) is 5.88 Å². The van der Waals surface area contributed by atoms with Crippen LogP contribution < -0.4 is 10.1 Å². The fourth-order valence-electron chi connectivity index (χ4n) is 4.99. The molecular formula is C27H32Cl2N4O5. The van der Waals surface area contributed by atoms with Gasteiger partial charge in [0.05, 0.1) is 10.4 Å². The lowest BCUT2D eigenvalue weighted by atomic mass is 9.71. The SMILES string of the molecule is CC[C@@H](Oc1ncc(Cl)cc1Cl)C(=O)NCc1cccc(C(=O)N2CC3(CN(CC(C)(C)C(=O)O)C3)C2)c1. The largest absolute Gasteiger partial charge is 0.481 e. The van der Waals surface area contributed by atoms with Gasteiger partial charge >= 0.3 is 5.97 Å². The maximum absolute atomic E-state index is 13.1. The number of carboxylic acid groups (broad SMARTS) is 1. The van der Waals surface area contributed by atoms with Crippen molar-refractivity contribution in [2.45, 2.75) is 39.8 Å². The van der Waals surface area contributed by atoms with Crippen molar-refractivity contribution in [3.05, 3.63) is 57.7 Å². The summed E-state index contributed by atoms with van der Waals surface area (Å²) in [6.07, 6.45) is 1.02. The Morgan fingerprint density at radius 3 is 2.53 bits per heavy atom. The maximum Gasteiger partial charge on any atom is 0.310 e. The highest BCUT2D eigenvalue weighted by Crippen LogP contribution is 2.41. The molecule has 0 bridgehead atoms. The van der Waals surface area contributed by atoms with E-state index in [1.165, 1.54) is 12.3 Å². The molecule has 1 spiro atoms. The third-order valence-electron chi connectivity index (χ3n) is 6.99. The van der Waals surface area contributed by atoms with E-state index in [-0.39, 0.29) is 34.7 Å². The zero-order valence-corrected chi connectivity index (χ0v) is 23.2. The number of hydrogen-bond acceptors (Lipinski definition) is 6. The van der Waals surface area contributed by atoms with Crippen LogP contribution in [0.5, 0.6) is 5.88 Å². The van der Waals surface area contributed by atoms with E-state index >= 15 is 0 Å². The van der Waals surface area contributed by atoms with Gasteiger partial charge in [-0.2, -0.15) is 0 Å². The van der Waals surface area contributed by atoms with Crippen LogP contribution in [0.15, 0.2) is 36.5 Å². The number of carbonyl (C=O) groups is 3. The number of rotatable bonds is 10. The van der Waals surface area contributed by atoms with E-state index in [2.05, 4.69) is 15.2 Å². The second-order valence-electron chi connectivity index (χ2n) is 10.9. The molecule has 2 aliphatic heterocycles. The Balaban J connectivity index is 1.27. The first-order valence-electron chi connectivity index (χ1n) is 12.5. The summed E-state index contributed by atoms with van der Waals surface area (Å²) < 4.78 is 5.69. The van der Waals surface area contributed by atoms with Crippen LogP contribution in [0.2, 0.25) is 10.0 Å². The van der Waals surface area contributed by atoms with E-state index in [0.29, 0.717) is 36.6 Å². The van der Waals surface area contributed by atoms with Gasteiger partial charge in [-0.1, -0.05) is 42.3 Å². The molecule has 1 aromatic heterocycles. The van der Waals surface area contributed by atoms with Crippen LogP contribution >= 0.6 is 23.2 Å². The van der Waals surface area contributed by atoms with Crippen LogP contribution in [0.3, 0.4) is 0 Å². The maximum atomic E-state index is 13.1. The summed E-state index contributed by atoms with van der Waals surface area (Å²) in [5.74, 6) is -1.03. The molecular weight excluding hydrogens is 531 g/mol. The Morgan fingerprint density at radius 2 is 1.89 bits per heavy atom. The lowest BCUT2D eigenvalue weighted by Gasteiger charge is -2.61. The second kappa shape index (κ2) is 11.1. The monoisotopic (exact) mass is 562 g/mol. The number of aliphatic carboxylic acids is 1. The number of pyridine rings is 1. The van der Waals surface area contributed by atoms with Gasteiger partial charge in [-0.15, -0.1) is 0 Å². The third-order valence-corrected chi connectivity index (χ3v) is 7.46. The van der Waals surface area contributed by atoms with Crippen molar-refractivity contribution in [2.75, 3.05) is 32.7 Å². The van der Waals surface area contributed by atoms with Gasteiger partial charge in [-0.3, -0.25) is 14.4 Å². The molecule has 1 atom stereocenters. The number of carbonyl (C=O) groups excluding carboxylic acids is 2. The molecule has 0 radical (unpaired) electrons. The molecule has 2 fully saturated rings. The first kappa shape index (κ1) is 28.1. The molecule has 2 aromatic rings. The minimum atomic E-state index is -0.805. The molecule has 3 heterocycles. The number of aromatic nitrogens is 1. The number of halogens is 2. The summed E-state index contributed by atoms with van der Waals surface area (Å²) in [5.41, 5.74) is 0.630. The van der Waals surface area contributed by atoms with Crippen molar-refractivity contribution in [2.24, 2.45) is 10.8 Å². The lowest BCUT2D eigenvalue weighted by molar-refractivity contribution is -0.153. The first-order chi connectivity index (χ1) is 17.9. The van der Waals surface area contributed by atoms with Gasteiger partial charge < -0.3 is 25.0 Å². The predicted molar refractivity (Wildman–Crippen MR) is 143 cm³/mol. The quantitative estimate of drug-likeness (QED) is 0.453. The standard InChI is InChI=1S/C27H32Cl2N4O5/c1-4-21(38-23-20(29)9-19(28)11-31-23)22(34)30-10-17-6-5-7-18(8-17)24(35)33-15-27(16-33)13-32(14-27)12-26(2,3)25(36)37/h5-9,11,21H,4,10,12-16H2,1-3H3,(H,30,34)(H,36,37)/t21-/m1/s1. The molecule has 2 aliphatic rings. The number of amides is 2. The van der Waals surface area contributed by atoms with Crippen molar-refractivity contribution < 1.29 is 24.2 Å². The average molecular weight is 563 g/mol. The molecule has 0 aliphatic carbocycles. The van der Waals surface area contributed by atoms with Crippen molar-refractivity contribution in [1.82, 2.24) is 20.1 Å². The van der Waals surface area contributed by atoms with Gasteiger partial charge in [0, 0.05) is 56.4 Å². The number of nitrogens with one attached hydrogen (secondary N) is 1. The lowest BCUT2D eigenvalue weighted by Crippen LogP contribution is -2.73. The number of benzene rings is 1. The molecule has 1 aromatic carbocycles. The molecule has 11 heteroatoms. The van der Waals surface area contributed by atoms with E-state index < -0.39 is 17.5 Å². The van der Waals surface area contributed by atoms with Gasteiger partial charge in [0.2, 0.25) is 5.88 Å². The van der Waals surface area contributed by atoms with E-state index in [9.17, 15) is 19.5 Å². The van der Waals surface area contributed by atoms with E-state index in [1.54, 1.807) is 32.0 Å². The van der Waals surface area contributed by atoms with Gasteiger partial charge in [0.25, 0.3) is 11.8 Å². The number of ether oxygens (including phenoxy) is 1. The van der Waals surface area contributed by atoms with Crippen LogP contribution in [-0.4, -0.2) is 76.5 Å². The minimum absolute atomic E-state index is 0.0497. The minimum Gasteiger partial charge on any atom is -0.481 e. The molecule has 9 nitrogen and oxygen atoms in total. The molecule has 2 N–H and O–H groups in total. The van der Waals surface area contributed by atoms with Gasteiger partial charge in [-0.05, 0) is 44.0 Å². The van der Waals surface area contributed by atoms with Crippen LogP contribution in [0.1, 0.15) is 43.1 Å². The molecule has 204 valence electrons. The zero-order valence-electron chi connectivity index (χ0n) is 21.7. The topological polar surface area (TPSA) is 112 Å². The molecule has 0 unspecified atom stereocenters. The number of hydrogen-bond donors (Lipinski definition) is 2. The van der Waals surface area contributed by atoms with Crippen molar-refractivity contribution >= 4 is 41.0 Å². The summed E-state index contributed by atoms with van der Waals surface area (Å²) in [6, 6.07) is 8.71. The number of nitrogens with zero attached hydrogens (tertiary/aromatic N) is 3. The Morgan fingerprint density at radius 1 is 1.18 bits per heavy atom. The summed E-state index contributed by atoms with van der Waals surface area (Å²) in [6.45, 7) is 8.94. The highest BCUT2D eigenvalue weighted by atomic mass is 35.5. The highest BCUT2D eigenvalue weighted by Gasteiger charge is 2.54. The third kappa shape index (κ3) is 6.22. The molecule has 2 saturated heterocycles. The highest BCUT2D eigenvalue weighted by molar-refractivity contribution is 6.35. The van der Waals surface area contributed by atoms with E-state index in [0.717, 1.165) is 18.7 Å². The van der Waals surface area contributed by atoms with Crippen LogP contribution in [0.25, 0.3) is 0 Å². The number of carboxylic acids is 1. The van der Waals surface area contributed by atoms with Crippen molar-refractivity contribution in [3.63, 3.8) is 0 Å². The average Bonchev–Trinajstić information content (AvgIpc) is 2.82. The normalized spacial score (nSPS) is 17.3. The second-order valence-corrected chi connectivity index (χ2v) is 11.7. The summed E-state index contributed by atoms with van der Waals surface area (Å²) >= 11 is 12.0. The summed E-state index contributed by atoms with van der Waals surface area (Å²) in [4.78, 5) is 45.2. The van der Waals surface area contributed by atoms with Gasteiger partial charge in [-0.25, -0.2) is 4.98 Å². The van der Waals surface area contributed by atoms with Gasteiger partial charge in [0.15, 0.2) is 6.10 Å². The molecule has 4 rings (SSSR count). The Bertz CT molecular complexity index is 1220. The molecule has 2 amide bonds. The zero-order chi connectivity index (χ0) is 27.7. The smallest absolute Gasteiger partial charge is 0.310 e. The Kier molecular flexibility index (Phi) is 8.20. The van der Waals surface area contributed by atoms with Crippen LogP contribution in [0.4, 0.5) is 0 Å². The molecule has 0 saturated carbocycles. The van der Waals surface area contributed by atoms with Crippen molar-refractivity contribution in [1.29, 1.82) is 0 Å². The molecule has 38 heavy (non-hydrogen) atoms. The summed E-state index contributed by atoms with van der Waals surface area (Å²) in [5, 5.41) is 12.8. The fourth-order valence-corrected chi connectivity index (χ4v) is 5.42. The van der Waals surface area contributed by atoms with Crippen LogP contribution in [-0.2, 0) is 16.1 Å². The fraction of sp³-hybridized carbons (Fsp3) is 0.481. The predicted octanol–water partition coefficient (Wildman–Crippen LogP) is 3.73. The van der Waals surface area contributed by atoms with E-state index in [1.807, 2.05) is 17.9 Å². The Hall–Kier alpha value is -2.88. The van der Waals surface area contributed by atoms with E-state index in [4.69, 9.17) is 27.9 Å². The Labute approximate surface area is 232 Å². The summed E-state index contributed by atoms with van der Waals surface area (Å²) in [7, 11) is 0.